The number of aliphatic hydroxyl groups is 2. The van der Waals surface area contributed by atoms with Crippen molar-refractivity contribution in [3.63, 3.8) is 0 Å². The van der Waals surface area contributed by atoms with Gasteiger partial charge in [-0.25, -0.2) is 0 Å². The van der Waals surface area contributed by atoms with Crippen LogP contribution in [0.15, 0.2) is 48.1 Å². The van der Waals surface area contributed by atoms with Gasteiger partial charge in [0.15, 0.2) is 0 Å². The SMILES string of the molecule is Cc1cccc(C[C@@H](O)C=C[C@@H]2[C@H]3CC(CCCCCC(=O)N(C(C)C)C(C)C)=C[C@H]3C[C@H]2O)c1. The van der Waals surface area contributed by atoms with Crippen LogP contribution in [0.25, 0.3) is 0 Å². The van der Waals surface area contributed by atoms with E-state index >= 15 is 0 Å². The molecule has 4 heteroatoms. The van der Waals surface area contributed by atoms with Crippen LogP contribution in [0.3, 0.4) is 0 Å². The molecule has 2 aliphatic rings. The van der Waals surface area contributed by atoms with Crippen molar-refractivity contribution in [2.45, 2.75) is 110 Å². The Hall–Kier alpha value is -1.91. The molecule has 2 aliphatic carbocycles. The summed E-state index contributed by atoms with van der Waals surface area (Å²) in [7, 11) is 0. The van der Waals surface area contributed by atoms with E-state index in [2.05, 4.69) is 65.0 Å². The second-order valence-corrected chi connectivity index (χ2v) is 11.4. The average Bonchev–Trinajstić information content (AvgIpc) is 3.27. The minimum atomic E-state index is -0.526. The smallest absolute Gasteiger partial charge is 0.223 e. The van der Waals surface area contributed by atoms with Crippen molar-refractivity contribution in [2.75, 3.05) is 0 Å². The number of aryl methyl sites for hydroxylation is 1. The Balaban J connectivity index is 1.41. The van der Waals surface area contributed by atoms with Crippen LogP contribution in [0, 0.1) is 24.7 Å². The molecule has 3 rings (SSSR count). The van der Waals surface area contributed by atoms with E-state index in [0.29, 0.717) is 24.7 Å². The van der Waals surface area contributed by atoms with Crippen LogP contribution >= 0.6 is 0 Å². The maximum absolute atomic E-state index is 12.5. The van der Waals surface area contributed by atoms with Crippen LogP contribution in [0.4, 0.5) is 0 Å². The monoisotopic (exact) mass is 481 g/mol. The van der Waals surface area contributed by atoms with Gasteiger partial charge in [0.05, 0.1) is 12.2 Å². The third-order valence-corrected chi connectivity index (χ3v) is 7.82. The van der Waals surface area contributed by atoms with Crippen molar-refractivity contribution in [3.05, 3.63) is 59.2 Å². The lowest BCUT2D eigenvalue weighted by atomic mass is 9.88. The normalized spacial score (nSPS) is 24.9. The van der Waals surface area contributed by atoms with Gasteiger partial charge in [0.2, 0.25) is 5.91 Å². The standard InChI is InChI=1S/C31H47NO3/c1-21(2)32(22(3)4)31(35)13-8-6-7-11-25-17-26-20-30(34)28(29(26)19-25)15-14-27(33)18-24-12-9-10-23(5)16-24/h9-10,12,14-17,21-22,26-30,33-34H,6-8,11,13,18-20H2,1-5H3/t26-,27-,28+,29-,30+/m0/s1. The van der Waals surface area contributed by atoms with Crippen molar-refractivity contribution in [2.24, 2.45) is 17.8 Å². The fourth-order valence-electron chi connectivity index (χ4n) is 6.30. The van der Waals surface area contributed by atoms with Crippen LogP contribution in [0.2, 0.25) is 0 Å². The van der Waals surface area contributed by atoms with Crippen molar-refractivity contribution >= 4 is 5.91 Å². The predicted molar refractivity (Wildman–Crippen MR) is 144 cm³/mol. The second-order valence-electron chi connectivity index (χ2n) is 11.4. The minimum absolute atomic E-state index is 0.122. The number of hydrogen-bond donors (Lipinski definition) is 2. The Morgan fingerprint density at radius 1 is 1.14 bits per heavy atom. The summed E-state index contributed by atoms with van der Waals surface area (Å²) >= 11 is 0. The van der Waals surface area contributed by atoms with Gasteiger partial charge in [0.25, 0.3) is 0 Å². The summed E-state index contributed by atoms with van der Waals surface area (Å²) in [6.45, 7) is 10.4. The Bertz CT molecular complexity index is 879. The summed E-state index contributed by atoms with van der Waals surface area (Å²) < 4.78 is 0. The first-order valence-electron chi connectivity index (χ1n) is 13.8. The number of hydrogen-bond acceptors (Lipinski definition) is 3. The van der Waals surface area contributed by atoms with E-state index in [4.69, 9.17) is 0 Å². The van der Waals surface area contributed by atoms with E-state index in [9.17, 15) is 15.0 Å². The molecule has 1 aromatic rings. The number of amides is 1. The topological polar surface area (TPSA) is 60.8 Å². The van der Waals surface area contributed by atoms with Gasteiger partial charge in [-0.05, 0) is 84.1 Å². The van der Waals surface area contributed by atoms with Crippen molar-refractivity contribution in [1.82, 2.24) is 4.90 Å². The predicted octanol–water partition coefficient (Wildman–Crippen LogP) is 5.99. The molecule has 5 atom stereocenters. The van der Waals surface area contributed by atoms with E-state index < -0.39 is 6.10 Å². The summed E-state index contributed by atoms with van der Waals surface area (Å²) in [5, 5.41) is 21.2. The van der Waals surface area contributed by atoms with E-state index in [1.165, 1.54) is 11.1 Å². The molecule has 0 saturated heterocycles. The van der Waals surface area contributed by atoms with Crippen molar-refractivity contribution in [3.8, 4) is 0 Å². The maximum Gasteiger partial charge on any atom is 0.223 e. The van der Waals surface area contributed by atoms with E-state index in [1.807, 2.05) is 17.0 Å². The Morgan fingerprint density at radius 2 is 1.89 bits per heavy atom. The lowest BCUT2D eigenvalue weighted by Crippen LogP contribution is -2.41. The van der Waals surface area contributed by atoms with E-state index in [-0.39, 0.29) is 30.0 Å². The molecule has 1 saturated carbocycles. The molecule has 0 unspecified atom stereocenters. The lowest BCUT2D eigenvalue weighted by Gasteiger charge is -2.30. The first-order chi connectivity index (χ1) is 16.7. The fraction of sp³-hybridized carbons (Fsp3) is 0.645. The molecule has 2 N–H and O–H groups in total. The third-order valence-electron chi connectivity index (χ3n) is 7.82. The largest absolute Gasteiger partial charge is 0.392 e. The molecule has 194 valence electrons. The van der Waals surface area contributed by atoms with Gasteiger partial charge in [-0.3, -0.25) is 4.79 Å². The summed E-state index contributed by atoms with van der Waals surface area (Å²) in [4.78, 5) is 14.5. The molecule has 0 heterocycles. The molecule has 0 spiro atoms. The quantitative estimate of drug-likeness (QED) is 0.285. The minimum Gasteiger partial charge on any atom is -0.392 e. The molecule has 1 fully saturated rings. The number of carbonyl (C=O) groups is 1. The number of nitrogens with zero attached hydrogens (tertiary/aromatic N) is 1. The fourth-order valence-corrected chi connectivity index (χ4v) is 6.30. The molecule has 4 nitrogen and oxygen atoms in total. The first kappa shape index (κ1) is 27.7. The summed E-state index contributed by atoms with van der Waals surface area (Å²) in [5.74, 6) is 1.31. The number of allylic oxidation sites excluding steroid dienone is 2. The third kappa shape index (κ3) is 7.79. The van der Waals surface area contributed by atoms with Gasteiger partial charge in [-0.15, -0.1) is 0 Å². The molecule has 0 bridgehead atoms. The molecule has 1 aromatic carbocycles. The highest BCUT2D eigenvalue weighted by Gasteiger charge is 2.43. The van der Waals surface area contributed by atoms with Gasteiger partial charge >= 0.3 is 0 Å². The number of aliphatic hydroxyl groups excluding tert-OH is 2. The molecule has 0 aliphatic heterocycles. The molecular formula is C31H47NO3. The van der Waals surface area contributed by atoms with Gasteiger partial charge in [-0.1, -0.05) is 60.1 Å². The molecule has 1 amide bonds. The molecule has 0 radical (unpaired) electrons. The summed E-state index contributed by atoms with van der Waals surface area (Å²) in [5.41, 5.74) is 3.86. The van der Waals surface area contributed by atoms with Gasteiger partial charge in [0, 0.05) is 30.8 Å². The van der Waals surface area contributed by atoms with Gasteiger partial charge < -0.3 is 15.1 Å². The van der Waals surface area contributed by atoms with Crippen LogP contribution in [-0.2, 0) is 11.2 Å². The molecular weight excluding hydrogens is 434 g/mol. The lowest BCUT2D eigenvalue weighted by molar-refractivity contribution is -0.134. The summed E-state index contributed by atoms with van der Waals surface area (Å²) in [6.07, 6.45) is 12.9. The Morgan fingerprint density at radius 3 is 2.57 bits per heavy atom. The zero-order chi connectivity index (χ0) is 25.5. The number of unbranched alkanes of at least 4 members (excludes halogenated alkanes) is 2. The number of benzene rings is 1. The van der Waals surface area contributed by atoms with Gasteiger partial charge in [-0.2, -0.15) is 0 Å². The number of rotatable bonds is 12. The van der Waals surface area contributed by atoms with Crippen molar-refractivity contribution < 1.29 is 15.0 Å². The number of fused-ring (bicyclic) bond motifs is 1. The van der Waals surface area contributed by atoms with Gasteiger partial charge in [0.1, 0.15) is 0 Å². The van der Waals surface area contributed by atoms with E-state index in [1.54, 1.807) is 0 Å². The second kappa shape index (κ2) is 12.9. The average molecular weight is 482 g/mol. The zero-order valence-corrected chi connectivity index (χ0v) is 22.5. The Labute approximate surface area is 213 Å². The van der Waals surface area contributed by atoms with E-state index in [0.717, 1.165) is 44.1 Å². The highest BCUT2D eigenvalue weighted by Crippen LogP contribution is 2.48. The molecule has 35 heavy (non-hydrogen) atoms. The van der Waals surface area contributed by atoms with Crippen LogP contribution in [0.1, 0.15) is 83.8 Å². The first-order valence-corrected chi connectivity index (χ1v) is 13.8. The highest BCUT2D eigenvalue weighted by atomic mass is 16.3. The summed E-state index contributed by atoms with van der Waals surface area (Å²) in [6, 6.07) is 8.78. The highest BCUT2D eigenvalue weighted by molar-refractivity contribution is 5.76. The van der Waals surface area contributed by atoms with Crippen molar-refractivity contribution in [1.29, 1.82) is 0 Å². The molecule has 0 aromatic heterocycles. The zero-order valence-electron chi connectivity index (χ0n) is 22.5. The van der Waals surface area contributed by atoms with Crippen LogP contribution in [-0.4, -0.2) is 45.3 Å². The van der Waals surface area contributed by atoms with Crippen LogP contribution < -0.4 is 0 Å². The number of carbonyl (C=O) groups excluding carboxylic acids is 1. The maximum atomic E-state index is 12.5. The Kier molecular flexibility index (Phi) is 10.2. The van der Waals surface area contributed by atoms with Crippen LogP contribution in [0.5, 0.6) is 0 Å².